The van der Waals surface area contributed by atoms with Gasteiger partial charge >= 0.3 is 6.18 Å². The number of benzene rings is 1. The zero-order valence-electron chi connectivity index (χ0n) is 10.5. The summed E-state index contributed by atoms with van der Waals surface area (Å²) in [5.74, 6) is 5.51. The van der Waals surface area contributed by atoms with Gasteiger partial charge in [-0.05, 0) is 35.6 Å². The molecule has 0 fully saturated rings. The minimum absolute atomic E-state index is 0.427. The maximum absolute atomic E-state index is 12.5. The van der Waals surface area contributed by atoms with Crippen LogP contribution in [0.15, 0.2) is 29.6 Å². The summed E-state index contributed by atoms with van der Waals surface area (Å²) in [4.78, 5) is 0.784. The zero-order valence-corrected chi connectivity index (χ0v) is 12.0. The number of aryl methyl sites for hydroxylation is 1. The monoisotopic (exact) mass is 320 g/mol. The first-order valence-electron chi connectivity index (χ1n) is 5.71. The van der Waals surface area contributed by atoms with Gasteiger partial charge in [-0.3, -0.25) is 5.84 Å². The molecule has 2 nitrogen and oxygen atoms in total. The van der Waals surface area contributed by atoms with E-state index in [1.165, 1.54) is 23.5 Å². The molecule has 0 spiro atoms. The average molecular weight is 321 g/mol. The maximum atomic E-state index is 12.5. The van der Waals surface area contributed by atoms with E-state index in [-0.39, 0.29) is 0 Å². The average Bonchev–Trinajstić information content (AvgIpc) is 2.72. The van der Waals surface area contributed by atoms with Crippen molar-refractivity contribution >= 4 is 22.9 Å². The van der Waals surface area contributed by atoms with E-state index in [1.807, 2.05) is 12.3 Å². The molecule has 1 aromatic heterocycles. The van der Waals surface area contributed by atoms with Gasteiger partial charge in [-0.2, -0.15) is 13.2 Å². The molecular formula is C13H12ClF3N2S. The van der Waals surface area contributed by atoms with Crippen molar-refractivity contribution in [2.45, 2.75) is 19.1 Å². The predicted molar refractivity (Wildman–Crippen MR) is 74.7 cm³/mol. The molecule has 0 aliphatic carbocycles. The molecule has 0 saturated heterocycles. The number of halogens is 4. The first kappa shape index (κ1) is 15.3. The summed E-state index contributed by atoms with van der Waals surface area (Å²) in [5, 5.41) is 2.46. The van der Waals surface area contributed by atoms with Crippen molar-refractivity contribution in [2.75, 3.05) is 0 Å². The van der Waals surface area contributed by atoms with Crippen molar-refractivity contribution in [1.82, 2.24) is 5.43 Å². The summed E-state index contributed by atoms with van der Waals surface area (Å²) in [7, 11) is 0. The van der Waals surface area contributed by atoms with Gasteiger partial charge in [0.05, 0.1) is 16.6 Å². The van der Waals surface area contributed by atoms with Crippen LogP contribution in [0, 0.1) is 6.92 Å². The van der Waals surface area contributed by atoms with Crippen LogP contribution in [0.4, 0.5) is 13.2 Å². The van der Waals surface area contributed by atoms with E-state index >= 15 is 0 Å². The first-order chi connectivity index (χ1) is 9.34. The Morgan fingerprint density at radius 1 is 1.25 bits per heavy atom. The molecule has 2 aromatic rings. The van der Waals surface area contributed by atoms with Gasteiger partial charge in [0.2, 0.25) is 0 Å². The summed E-state index contributed by atoms with van der Waals surface area (Å²) in [6.45, 7) is 1.86. The Morgan fingerprint density at radius 3 is 2.25 bits per heavy atom. The highest BCUT2D eigenvalue weighted by molar-refractivity contribution is 7.10. The van der Waals surface area contributed by atoms with E-state index in [9.17, 15) is 13.2 Å². The summed E-state index contributed by atoms with van der Waals surface area (Å²) < 4.78 is 37.6. The maximum Gasteiger partial charge on any atom is 0.416 e. The summed E-state index contributed by atoms with van der Waals surface area (Å²) >= 11 is 7.59. The summed E-state index contributed by atoms with van der Waals surface area (Å²) in [6, 6.07) is 4.45. The predicted octanol–water partition coefficient (Wildman–Crippen LogP) is 4.28. The smallest absolute Gasteiger partial charge is 0.271 e. The number of nitrogens with two attached hydrogens (primary N) is 1. The first-order valence-corrected chi connectivity index (χ1v) is 6.97. The molecule has 7 heteroatoms. The molecule has 0 aliphatic heterocycles. The van der Waals surface area contributed by atoms with Crippen LogP contribution >= 0.6 is 22.9 Å². The van der Waals surface area contributed by atoms with Gasteiger partial charge in [0.25, 0.3) is 0 Å². The number of hydrogen-bond acceptors (Lipinski definition) is 3. The number of rotatable bonds is 3. The second kappa shape index (κ2) is 5.73. The fourth-order valence-electron chi connectivity index (χ4n) is 1.83. The third-order valence-electron chi connectivity index (χ3n) is 2.93. The number of alkyl halides is 3. The number of hydrazine groups is 1. The van der Waals surface area contributed by atoms with Crippen molar-refractivity contribution < 1.29 is 13.2 Å². The third kappa shape index (κ3) is 2.98. The van der Waals surface area contributed by atoms with Gasteiger partial charge in [-0.25, -0.2) is 5.43 Å². The number of hydrogen-bond donors (Lipinski definition) is 2. The molecule has 0 bridgehead atoms. The minimum Gasteiger partial charge on any atom is -0.271 e. The van der Waals surface area contributed by atoms with Crippen molar-refractivity contribution in [3.63, 3.8) is 0 Å². The topological polar surface area (TPSA) is 38.0 Å². The van der Waals surface area contributed by atoms with E-state index in [4.69, 9.17) is 17.4 Å². The lowest BCUT2D eigenvalue weighted by atomic mass is 10.0. The Balaban J connectivity index is 2.36. The fourth-order valence-corrected chi connectivity index (χ4v) is 3.22. The van der Waals surface area contributed by atoms with Crippen LogP contribution in [0.3, 0.4) is 0 Å². The molecule has 1 unspecified atom stereocenters. The van der Waals surface area contributed by atoms with E-state index in [2.05, 4.69) is 5.43 Å². The Morgan fingerprint density at radius 2 is 1.85 bits per heavy atom. The summed E-state index contributed by atoms with van der Waals surface area (Å²) in [6.07, 6.45) is -4.35. The molecule has 0 amide bonds. The van der Waals surface area contributed by atoms with Crippen molar-refractivity contribution in [3.05, 3.63) is 56.2 Å². The molecular weight excluding hydrogens is 309 g/mol. The standard InChI is InChI=1S/C13H12ClF3N2S/c1-7-6-20-12(10(7)14)11(19-18)8-2-4-9(5-3-8)13(15,16)17/h2-6,11,19H,18H2,1H3. The molecule has 20 heavy (non-hydrogen) atoms. The van der Waals surface area contributed by atoms with Gasteiger partial charge in [0.1, 0.15) is 0 Å². The molecule has 3 N–H and O–H groups in total. The van der Waals surface area contributed by atoms with Crippen LogP contribution in [0.2, 0.25) is 5.02 Å². The van der Waals surface area contributed by atoms with Crippen LogP contribution in [0.1, 0.15) is 27.6 Å². The van der Waals surface area contributed by atoms with Crippen molar-refractivity contribution in [2.24, 2.45) is 5.84 Å². The number of nitrogens with one attached hydrogen (secondary N) is 1. The van der Waals surface area contributed by atoms with Crippen LogP contribution < -0.4 is 11.3 Å². The fraction of sp³-hybridized carbons (Fsp3) is 0.231. The minimum atomic E-state index is -4.35. The van der Waals surface area contributed by atoms with Crippen LogP contribution in [-0.4, -0.2) is 0 Å². The van der Waals surface area contributed by atoms with Crippen LogP contribution in [0.5, 0.6) is 0 Å². The van der Waals surface area contributed by atoms with E-state index in [0.717, 1.165) is 22.6 Å². The van der Waals surface area contributed by atoms with E-state index < -0.39 is 17.8 Å². The Kier molecular flexibility index (Phi) is 4.39. The Hall–Kier alpha value is -1.08. The van der Waals surface area contributed by atoms with Crippen LogP contribution in [0.25, 0.3) is 0 Å². The van der Waals surface area contributed by atoms with Crippen LogP contribution in [-0.2, 0) is 6.18 Å². The van der Waals surface area contributed by atoms with Gasteiger partial charge < -0.3 is 0 Å². The molecule has 0 saturated carbocycles. The van der Waals surface area contributed by atoms with E-state index in [0.29, 0.717) is 10.6 Å². The lowest BCUT2D eigenvalue weighted by Gasteiger charge is -2.16. The third-order valence-corrected chi connectivity index (χ3v) is 4.70. The van der Waals surface area contributed by atoms with Gasteiger partial charge in [0, 0.05) is 4.88 Å². The molecule has 2 rings (SSSR count). The lowest BCUT2D eigenvalue weighted by Crippen LogP contribution is -2.28. The molecule has 0 radical (unpaired) electrons. The molecule has 1 aromatic carbocycles. The second-order valence-electron chi connectivity index (χ2n) is 4.32. The zero-order chi connectivity index (χ0) is 14.9. The highest BCUT2D eigenvalue weighted by Gasteiger charge is 2.30. The van der Waals surface area contributed by atoms with Crippen molar-refractivity contribution in [3.8, 4) is 0 Å². The highest BCUT2D eigenvalue weighted by atomic mass is 35.5. The Bertz CT molecular complexity index is 593. The van der Waals surface area contributed by atoms with Gasteiger partial charge in [-0.1, -0.05) is 23.7 Å². The largest absolute Gasteiger partial charge is 0.416 e. The van der Waals surface area contributed by atoms with Gasteiger partial charge in [0.15, 0.2) is 0 Å². The quantitative estimate of drug-likeness (QED) is 0.654. The highest BCUT2D eigenvalue weighted by Crippen LogP contribution is 2.36. The second-order valence-corrected chi connectivity index (χ2v) is 5.61. The SMILES string of the molecule is Cc1csc(C(NN)c2ccc(C(F)(F)F)cc2)c1Cl. The van der Waals surface area contributed by atoms with Crippen molar-refractivity contribution in [1.29, 1.82) is 0 Å². The molecule has 1 atom stereocenters. The Labute approximate surface area is 123 Å². The number of thiophene rings is 1. The molecule has 0 aliphatic rings. The normalized spacial score (nSPS) is 13.5. The van der Waals surface area contributed by atoms with Gasteiger partial charge in [-0.15, -0.1) is 11.3 Å². The molecule has 108 valence electrons. The molecule has 1 heterocycles. The lowest BCUT2D eigenvalue weighted by molar-refractivity contribution is -0.137. The summed E-state index contributed by atoms with van der Waals surface area (Å²) in [5.41, 5.74) is 3.45. The van der Waals surface area contributed by atoms with E-state index in [1.54, 1.807) is 0 Å².